The Morgan fingerprint density at radius 2 is 1.72 bits per heavy atom. The van der Waals surface area contributed by atoms with Crippen LogP contribution in [0.2, 0.25) is 10.0 Å². The molecule has 1 atom stereocenters. The number of hydrogen-bond donors (Lipinski definition) is 1. The Kier molecular flexibility index (Phi) is 6.79. The van der Waals surface area contributed by atoms with E-state index in [1.807, 2.05) is 12.1 Å². The number of nitrogens with one attached hydrogen (secondary N) is 1. The van der Waals surface area contributed by atoms with E-state index in [2.05, 4.69) is 22.2 Å². The number of benzene rings is 2. The number of ether oxygens (including phenoxy) is 1. The smallest absolute Gasteiger partial charge is 0.229 e. The zero-order chi connectivity index (χ0) is 22.8. The Morgan fingerprint density at radius 1 is 1.03 bits per heavy atom. The maximum Gasteiger partial charge on any atom is 0.229 e. The maximum atomic E-state index is 13.1. The second kappa shape index (κ2) is 9.57. The zero-order valence-corrected chi connectivity index (χ0v) is 19.6. The van der Waals surface area contributed by atoms with E-state index >= 15 is 0 Å². The van der Waals surface area contributed by atoms with Gasteiger partial charge in [-0.3, -0.25) is 9.59 Å². The number of anilines is 3. The van der Waals surface area contributed by atoms with Crippen molar-refractivity contribution in [1.82, 2.24) is 4.90 Å². The highest BCUT2D eigenvalue weighted by Crippen LogP contribution is 2.36. The third-order valence-electron chi connectivity index (χ3n) is 5.99. The van der Waals surface area contributed by atoms with E-state index in [-0.39, 0.29) is 24.8 Å². The first-order chi connectivity index (χ1) is 15.4. The van der Waals surface area contributed by atoms with Gasteiger partial charge in [0.1, 0.15) is 5.75 Å². The third kappa shape index (κ3) is 4.80. The van der Waals surface area contributed by atoms with E-state index in [0.29, 0.717) is 27.2 Å². The molecule has 4 rings (SSSR count). The molecule has 2 aliphatic rings. The van der Waals surface area contributed by atoms with Gasteiger partial charge in [0.25, 0.3) is 0 Å². The Bertz CT molecular complexity index is 1020. The molecule has 0 aromatic heterocycles. The first kappa shape index (κ1) is 22.7. The summed E-state index contributed by atoms with van der Waals surface area (Å²) in [6.45, 7) is 3.88. The third-order valence-corrected chi connectivity index (χ3v) is 6.46. The lowest BCUT2D eigenvalue weighted by Crippen LogP contribution is -2.44. The Hall–Kier alpha value is -2.48. The van der Waals surface area contributed by atoms with Crippen LogP contribution in [0.15, 0.2) is 36.4 Å². The molecule has 0 aliphatic carbocycles. The van der Waals surface area contributed by atoms with E-state index < -0.39 is 5.92 Å². The molecule has 2 amide bonds. The molecule has 9 heteroatoms. The molecular weight excluding hydrogens is 451 g/mol. The molecule has 0 spiro atoms. The number of hydrogen-bond acceptors (Lipinski definition) is 5. The van der Waals surface area contributed by atoms with Gasteiger partial charge in [0.05, 0.1) is 30.1 Å². The fraction of sp³-hybridized carbons (Fsp3) is 0.391. The maximum absolute atomic E-state index is 13.1. The topological polar surface area (TPSA) is 65.1 Å². The summed E-state index contributed by atoms with van der Waals surface area (Å²) < 4.78 is 5.38. The second-order valence-corrected chi connectivity index (χ2v) is 9.04. The predicted molar refractivity (Wildman–Crippen MR) is 128 cm³/mol. The average molecular weight is 477 g/mol. The van der Waals surface area contributed by atoms with Crippen molar-refractivity contribution in [1.29, 1.82) is 0 Å². The molecule has 2 heterocycles. The Balaban J connectivity index is 1.51. The van der Waals surface area contributed by atoms with Crippen molar-refractivity contribution in [2.24, 2.45) is 5.92 Å². The number of likely N-dealkylation sites (N-methyl/N-ethyl adjacent to an activating group) is 1. The van der Waals surface area contributed by atoms with Crippen LogP contribution in [0.25, 0.3) is 0 Å². The lowest BCUT2D eigenvalue weighted by molar-refractivity contribution is -0.122. The summed E-state index contributed by atoms with van der Waals surface area (Å²) in [5.41, 5.74) is 2.17. The van der Waals surface area contributed by atoms with E-state index in [1.165, 1.54) is 7.11 Å². The molecule has 2 saturated heterocycles. The van der Waals surface area contributed by atoms with Crippen LogP contribution >= 0.6 is 23.2 Å². The van der Waals surface area contributed by atoms with Crippen LogP contribution < -0.4 is 19.9 Å². The van der Waals surface area contributed by atoms with Gasteiger partial charge in [-0.25, -0.2) is 0 Å². The molecule has 7 nitrogen and oxygen atoms in total. The van der Waals surface area contributed by atoms with Gasteiger partial charge < -0.3 is 24.8 Å². The summed E-state index contributed by atoms with van der Waals surface area (Å²) in [6, 6.07) is 10.6. The van der Waals surface area contributed by atoms with Crippen LogP contribution in [-0.4, -0.2) is 63.6 Å². The van der Waals surface area contributed by atoms with Crippen LogP contribution in [0.5, 0.6) is 5.75 Å². The number of piperazine rings is 1. The number of rotatable bonds is 5. The second-order valence-electron chi connectivity index (χ2n) is 8.16. The summed E-state index contributed by atoms with van der Waals surface area (Å²) in [4.78, 5) is 32.0. The summed E-state index contributed by atoms with van der Waals surface area (Å²) in [5.74, 6) is -0.308. The number of carbonyl (C=O) groups is 2. The van der Waals surface area contributed by atoms with Crippen LogP contribution in [0, 0.1) is 5.92 Å². The Morgan fingerprint density at radius 3 is 2.44 bits per heavy atom. The fourth-order valence-electron chi connectivity index (χ4n) is 4.16. The molecule has 32 heavy (non-hydrogen) atoms. The highest BCUT2D eigenvalue weighted by molar-refractivity contribution is 6.31. The van der Waals surface area contributed by atoms with Crippen molar-refractivity contribution in [2.75, 3.05) is 62.0 Å². The normalized spacial score (nSPS) is 19.4. The minimum Gasteiger partial charge on any atom is -0.495 e. The molecule has 0 radical (unpaired) electrons. The molecule has 2 aromatic rings. The summed E-state index contributed by atoms with van der Waals surface area (Å²) in [5, 5.41) is 4.06. The quantitative estimate of drug-likeness (QED) is 0.711. The molecule has 2 fully saturated rings. The summed E-state index contributed by atoms with van der Waals surface area (Å²) in [7, 11) is 3.64. The lowest BCUT2D eigenvalue weighted by Gasteiger charge is -2.35. The number of carbonyl (C=O) groups excluding carboxylic acids is 2. The van der Waals surface area contributed by atoms with Gasteiger partial charge in [-0.1, -0.05) is 23.2 Å². The van der Waals surface area contributed by atoms with Crippen molar-refractivity contribution in [2.45, 2.75) is 6.42 Å². The first-order valence-corrected chi connectivity index (χ1v) is 11.3. The number of nitrogens with zero attached hydrogens (tertiary/aromatic N) is 3. The molecule has 170 valence electrons. The van der Waals surface area contributed by atoms with Crippen molar-refractivity contribution in [3.63, 3.8) is 0 Å². The number of methoxy groups -OCH3 is 1. The highest BCUT2D eigenvalue weighted by atomic mass is 35.5. The number of halogens is 2. The van der Waals surface area contributed by atoms with Crippen LogP contribution in [0.3, 0.4) is 0 Å². The highest BCUT2D eigenvalue weighted by Gasteiger charge is 2.36. The van der Waals surface area contributed by atoms with Crippen molar-refractivity contribution >= 4 is 52.1 Å². The van der Waals surface area contributed by atoms with E-state index in [0.717, 1.165) is 31.9 Å². The molecular formula is C23H26Cl2N4O3. The van der Waals surface area contributed by atoms with Gasteiger partial charge in [-0.2, -0.15) is 0 Å². The molecule has 2 aliphatic heterocycles. The lowest BCUT2D eigenvalue weighted by atomic mass is 10.1. The van der Waals surface area contributed by atoms with Crippen molar-refractivity contribution in [3.8, 4) is 5.75 Å². The first-order valence-electron chi connectivity index (χ1n) is 10.5. The molecule has 1 unspecified atom stereocenters. The van der Waals surface area contributed by atoms with Gasteiger partial charge in [-0.15, -0.1) is 0 Å². The molecule has 0 saturated carbocycles. The van der Waals surface area contributed by atoms with Crippen LogP contribution in [-0.2, 0) is 9.59 Å². The number of amides is 2. The average Bonchev–Trinajstić information content (AvgIpc) is 3.16. The standard InChI is InChI=1S/C23H26Cl2N4O3/c1-27-7-9-28(10-8-27)19-5-3-16(24)12-18(19)26-23(31)15-11-22(30)29(14-15)20-13-17(25)4-6-21(20)32-2/h3-6,12-13,15H,7-11,14H2,1-2H3,(H,26,31). The van der Waals surface area contributed by atoms with Gasteiger partial charge >= 0.3 is 0 Å². The van der Waals surface area contributed by atoms with E-state index in [4.69, 9.17) is 27.9 Å². The zero-order valence-electron chi connectivity index (χ0n) is 18.1. The molecule has 2 aromatic carbocycles. The summed E-state index contributed by atoms with van der Waals surface area (Å²) >= 11 is 12.4. The van der Waals surface area contributed by atoms with Crippen LogP contribution in [0.4, 0.5) is 17.1 Å². The molecule has 0 bridgehead atoms. The van der Waals surface area contributed by atoms with Crippen molar-refractivity contribution < 1.29 is 14.3 Å². The van der Waals surface area contributed by atoms with E-state index in [9.17, 15) is 9.59 Å². The Labute approximate surface area is 197 Å². The molecule has 1 N–H and O–H groups in total. The van der Waals surface area contributed by atoms with Crippen molar-refractivity contribution in [3.05, 3.63) is 46.4 Å². The van der Waals surface area contributed by atoms with Gasteiger partial charge in [0.2, 0.25) is 11.8 Å². The van der Waals surface area contributed by atoms with Gasteiger partial charge in [0, 0.05) is 49.2 Å². The fourth-order valence-corrected chi connectivity index (χ4v) is 4.49. The monoisotopic (exact) mass is 476 g/mol. The summed E-state index contributed by atoms with van der Waals surface area (Å²) in [6.07, 6.45) is 0.117. The van der Waals surface area contributed by atoms with Gasteiger partial charge in [0.15, 0.2) is 0 Å². The van der Waals surface area contributed by atoms with Crippen LogP contribution in [0.1, 0.15) is 6.42 Å². The van der Waals surface area contributed by atoms with Gasteiger partial charge in [-0.05, 0) is 43.4 Å². The minimum absolute atomic E-state index is 0.117. The van der Waals surface area contributed by atoms with E-state index in [1.54, 1.807) is 29.2 Å². The minimum atomic E-state index is -0.495. The predicted octanol–water partition coefficient (Wildman–Crippen LogP) is 3.75. The largest absolute Gasteiger partial charge is 0.495 e. The SMILES string of the molecule is COc1ccc(Cl)cc1N1CC(C(=O)Nc2cc(Cl)ccc2N2CCN(C)CC2)CC1=O.